The number of unbranched alkanes of at least 4 members (excludes halogenated alkanes) is 2. The van der Waals surface area contributed by atoms with Crippen molar-refractivity contribution in [3.63, 3.8) is 0 Å². The van der Waals surface area contributed by atoms with E-state index in [4.69, 9.17) is 28.4 Å². The Bertz CT molecular complexity index is 1680. The summed E-state index contributed by atoms with van der Waals surface area (Å²) in [6, 6.07) is 4.70. The number of esters is 1. The van der Waals surface area contributed by atoms with E-state index in [1.807, 2.05) is 87.0 Å². The summed E-state index contributed by atoms with van der Waals surface area (Å²) >= 11 is 0. The highest BCUT2D eigenvalue weighted by atomic mass is 16.7. The lowest BCUT2D eigenvalue weighted by atomic mass is 9.87. The summed E-state index contributed by atoms with van der Waals surface area (Å²) < 4.78 is 33.2. The van der Waals surface area contributed by atoms with Crippen molar-refractivity contribution in [1.29, 1.82) is 0 Å². The molecule has 15 nitrogen and oxygen atoms in total. The third-order valence-corrected chi connectivity index (χ3v) is 12.2. The van der Waals surface area contributed by atoms with Crippen LogP contribution < -0.4 is 0 Å². The molecular weight excluding hydrogens is 855 g/mol. The molecule has 2 saturated heterocycles. The van der Waals surface area contributed by atoms with Gasteiger partial charge in [0.1, 0.15) is 17.3 Å². The minimum absolute atomic E-state index is 0.0452. The Balaban J connectivity index is 0.000000819. The molecule has 67 heavy (non-hydrogen) atoms. The highest BCUT2D eigenvalue weighted by molar-refractivity contribution is 5.99. The molecule has 2 aliphatic heterocycles. The Hall–Kier alpha value is -3.76. The van der Waals surface area contributed by atoms with Crippen LogP contribution in [0.3, 0.4) is 0 Å². The largest absolute Gasteiger partial charge is 0.465 e. The third kappa shape index (κ3) is 23.4. The number of carbonyl (C=O) groups excluding carboxylic acids is 4. The molecule has 2 aliphatic rings. The Kier molecular flexibility index (Phi) is 30.3. The zero-order valence-corrected chi connectivity index (χ0v) is 45.3. The van der Waals surface area contributed by atoms with E-state index in [9.17, 15) is 19.2 Å². The van der Waals surface area contributed by atoms with Crippen LogP contribution in [0.15, 0.2) is 37.1 Å². The van der Waals surface area contributed by atoms with Crippen LogP contribution in [0.1, 0.15) is 135 Å². The quantitative estimate of drug-likeness (QED) is 0.0744. The van der Waals surface area contributed by atoms with Gasteiger partial charge >= 0.3 is 12.1 Å². The van der Waals surface area contributed by atoms with Gasteiger partial charge in [0, 0.05) is 88.8 Å². The number of cyclic esters (lactones) is 1. The molecule has 386 valence electrons. The molecule has 0 N–H and O–H groups in total. The smallest absolute Gasteiger partial charge is 0.410 e. The van der Waals surface area contributed by atoms with Gasteiger partial charge in [0.25, 0.3) is 0 Å². The number of likely N-dealkylation sites (N-methyl/N-ethyl adjacent to an activating group) is 1. The number of pyridine rings is 1. The van der Waals surface area contributed by atoms with Crippen LogP contribution in [-0.4, -0.2) is 139 Å². The Labute approximate surface area is 405 Å². The molecule has 0 aliphatic carbocycles. The third-order valence-electron chi connectivity index (χ3n) is 12.2. The van der Waals surface area contributed by atoms with E-state index < -0.39 is 11.9 Å². The zero-order chi connectivity index (χ0) is 51.7. The molecule has 0 aromatic carbocycles. The number of hydrogen-bond donors (Lipinski definition) is 0. The van der Waals surface area contributed by atoms with Gasteiger partial charge in [0.2, 0.25) is 0 Å². The van der Waals surface area contributed by atoms with Gasteiger partial charge in [-0.1, -0.05) is 61.3 Å². The second-order valence-electron chi connectivity index (χ2n) is 19.7. The molecule has 0 unspecified atom stereocenters. The number of rotatable bonds is 19. The molecule has 0 radical (unpaired) electrons. The average Bonchev–Trinajstić information content (AvgIpc) is 3.83. The van der Waals surface area contributed by atoms with Crippen LogP contribution in [0, 0.1) is 29.6 Å². The molecule has 8 atom stereocenters. The van der Waals surface area contributed by atoms with Crippen molar-refractivity contribution in [1.82, 2.24) is 24.3 Å². The molecule has 2 aromatic heterocycles. The normalized spacial score (nSPS) is 21.1. The van der Waals surface area contributed by atoms with Gasteiger partial charge in [-0.15, -0.1) is 0 Å². The van der Waals surface area contributed by atoms with Crippen molar-refractivity contribution in [2.75, 3.05) is 55.7 Å². The zero-order valence-electron chi connectivity index (χ0n) is 45.3. The van der Waals surface area contributed by atoms with Gasteiger partial charge in [0.15, 0.2) is 12.1 Å². The molecule has 1 amide bonds. The first kappa shape index (κ1) is 63.2. The fraction of sp³-hybridized carbons (Fsp3) is 0.769. The SMILES string of the molecule is CCCCCn1cnc(-c2cccnc2)c1.CCCOC(=O)[C@H](C)C(=O)[C@H](C)COC.COC(C)(C)C[C@H](C)C(=O)C(C)C.CO[C@@H]1O[C@H](C)C[C@H](N(C)C)[C@H]1C.C[C@H]1N(C)C(=O)OC1(C)C. The highest BCUT2D eigenvalue weighted by Crippen LogP contribution is 2.29. The fourth-order valence-corrected chi connectivity index (χ4v) is 7.49. The first-order chi connectivity index (χ1) is 31.2. The van der Waals surface area contributed by atoms with Crippen molar-refractivity contribution in [3.8, 4) is 11.3 Å². The van der Waals surface area contributed by atoms with E-state index >= 15 is 0 Å². The molecule has 15 heteroatoms. The van der Waals surface area contributed by atoms with Crippen molar-refractivity contribution in [2.24, 2.45) is 29.6 Å². The predicted octanol–water partition coefficient (Wildman–Crippen LogP) is 9.79. The van der Waals surface area contributed by atoms with Crippen LogP contribution in [0.4, 0.5) is 4.79 Å². The summed E-state index contributed by atoms with van der Waals surface area (Å²) in [6.07, 6.45) is 14.0. The monoisotopic (exact) mass is 948 g/mol. The second kappa shape index (κ2) is 32.1. The number of Topliss-reactive ketones (excluding diaryl/α,β-unsaturated/α-hetero) is 2. The van der Waals surface area contributed by atoms with Gasteiger partial charge in [0.05, 0.1) is 43.0 Å². The number of carbonyl (C=O) groups is 4. The molecule has 0 spiro atoms. The van der Waals surface area contributed by atoms with E-state index in [0.29, 0.717) is 37.1 Å². The van der Waals surface area contributed by atoms with Gasteiger partial charge in [-0.2, -0.15) is 0 Å². The van der Waals surface area contributed by atoms with Crippen molar-refractivity contribution >= 4 is 23.6 Å². The highest BCUT2D eigenvalue weighted by Gasteiger charge is 2.42. The second-order valence-corrected chi connectivity index (χ2v) is 19.7. The number of ether oxygens (including phenoxy) is 6. The maximum Gasteiger partial charge on any atom is 0.410 e. The molecule has 4 rings (SSSR count). The van der Waals surface area contributed by atoms with Crippen LogP contribution in [0.2, 0.25) is 0 Å². The number of ketones is 2. The summed E-state index contributed by atoms with van der Waals surface area (Å²) in [7, 11) is 10.9. The first-order valence-electron chi connectivity index (χ1n) is 24.3. The number of imidazole rings is 1. The molecule has 2 fully saturated rings. The summed E-state index contributed by atoms with van der Waals surface area (Å²) in [5.74, 6) is -0.539. The molecule has 0 saturated carbocycles. The van der Waals surface area contributed by atoms with Crippen LogP contribution in [0.5, 0.6) is 0 Å². The van der Waals surface area contributed by atoms with Gasteiger partial charge in [-0.3, -0.25) is 19.4 Å². The molecular formula is C52H93N5O10. The lowest BCUT2D eigenvalue weighted by Crippen LogP contribution is -2.48. The van der Waals surface area contributed by atoms with E-state index in [1.165, 1.54) is 26.4 Å². The lowest BCUT2D eigenvalue weighted by molar-refractivity contribution is -0.217. The van der Waals surface area contributed by atoms with Crippen molar-refractivity contribution in [2.45, 2.75) is 178 Å². The predicted molar refractivity (Wildman–Crippen MR) is 267 cm³/mol. The summed E-state index contributed by atoms with van der Waals surface area (Å²) in [5.41, 5.74) is 1.57. The number of aromatic nitrogens is 3. The minimum Gasteiger partial charge on any atom is -0.465 e. The topological polar surface area (TPSA) is 161 Å². The minimum atomic E-state index is -0.693. The Morgan fingerprint density at radius 3 is 2.06 bits per heavy atom. The van der Waals surface area contributed by atoms with E-state index in [2.05, 4.69) is 60.5 Å². The lowest BCUT2D eigenvalue weighted by Gasteiger charge is -2.41. The number of aryl methyl sites for hydroxylation is 1. The maximum atomic E-state index is 11.7. The van der Waals surface area contributed by atoms with E-state index in [0.717, 1.165) is 37.1 Å². The van der Waals surface area contributed by atoms with Crippen LogP contribution >= 0.6 is 0 Å². The van der Waals surface area contributed by atoms with E-state index in [1.54, 1.807) is 46.2 Å². The standard InChI is InChI=1S/C13H17N3.C11H20O4.C11H22O2.C10H21NO2.C7H13NO2/c1-2-3-4-8-16-10-13(15-11-16)12-6-5-7-14-9-12;1-5-6-15-11(13)9(3)10(12)8(2)7-14-4;1-8(2)10(12)9(3)7-11(4,5)13-6;1-7-6-9(11(3)4)8(2)10(12-5)13-7;1-5-7(2,3)10-6(9)8(5)4/h5-7,9-11H,2-4,8H2,1H3;8-9H,5-7H2,1-4H3;8-9H,7H2,1-6H3;7-10H,6H2,1-5H3;5H,1-4H3/t;8-,9-;9-;7-,8-,9+,10-;5-/m.1011/s1. The van der Waals surface area contributed by atoms with Crippen LogP contribution in [-0.2, 0) is 49.3 Å². The Morgan fingerprint density at radius 2 is 1.61 bits per heavy atom. The number of methoxy groups -OCH3 is 3. The van der Waals surface area contributed by atoms with Gasteiger partial charge in [-0.25, -0.2) is 9.78 Å². The summed E-state index contributed by atoms with van der Waals surface area (Å²) in [5, 5.41) is 0. The number of hydrogen-bond acceptors (Lipinski definition) is 13. The molecule has 4 heterocycles. The van der Waals surface area contributed by atoms with Crippen molar-refractivity contribution in [3.05, 3.63) is 37.1 Å². The first-order valence-corrected chi connectivity index (χ1v) is 24.3. The van der Waals surface area contributed by atoms with Gasteiger partial charge in [-0.05, 0) is 100 Å². The average molecular weight is 948 g/mol. The van der Waals surface area contributed by atoms with Crippen molar-refractivity contribution < 1.29 is 47.6 Å². The Morgan fingerprint density at radius 1 is 0.970 bits per heavy atom. The maximum absolute atomic E-state index is 11.7. The van der Waals surface area contributed by atoms with Gasteiger partial charge < -0.3 is 42.8 Å². The fourth-order valence-electron chi connectivity index (χ4n) is 7.49. The number of amides is 1. The van der Waals surface area contributed by atoms with E-state index in [-0.39, 0.29) is 53.2 Å². The van der Waals surface area contributed by atoms with Crippen LogP contribution in [0.25, 0.3) is 11.3 Å². The molecule has 2 aromatic rings. The summed E-state index contributed by atoms with van der Waals surface area (Å²) in [4.78, 5) is 57.9. The summed E-state index contributed by atoms with van der Waals surface area (Å²) in [6.45, 7) is 29.2. The molecule has 0 bridgehead atoms. The number of nitrogens with zero attached hydrogens (tertiary/aromatic N) is 5.